The lowest BCUT2D eigenvalue weighted by Crippen LogP contribution is -1.90. The lowest BCUT2D eigenvalue weighted by Gasteiger charge is -2.10. The predicted octanol–water partition coefficient (Wildman–Crippen LogP) is 5.82. The fraction of sp³-hybridized carbons (Fsp3) is 0.0769. The number of hydrogen-bond acceptors (Lipinski definition) is 1. The third kappa shape index (κ3) is 3.16. The Hall–Kier alpha value is -0.770. The first-order chi connectivity index (χ1) is 8.60. The van der Waals surface area contributed by atoms with Gasteiger partial charge in [0.05, 0.1) is 10.0 Å². The molecule has 0 unspecified atom stereocenters. The van der Waals surface area contributed by atoms with Gasteiger partial charge in [-0.2, -0.15) is 0 Å². The van der Waals surface area contributed by atoms with E-state index in [9.17, 15) is 4.39 Å². The third-order valence-electron chi connectivity index (χ3n) is 2.29. The minimum atomic E-state index is -0.300. The second kappa shape index (κ2) is 5.91. The van der Waals surface area contributed by atoms with Gasteiger partial charge in [-0.1, -0.05) is 39.1 Å². The molecule has 2 aromatic rings. The van der Waals surface area contributed by atoms with E-state index in [1.54, 1.807) is 24.3 Å². The minimum absolute atomic E-state index is 0.300. The second-order valence-electron chi connectivity index (χ2n) is 3.56. The molecule has 0 N–H and O–H groups in total. The van der Waals surface area contributed by atoms with Crippen LogP contribution in [-0.2, 0) is 5.33 Å². The van der Waals surface area contributed by atoms with E-state index in [4.69, 9.17) is 27.9 Å². The highest BCUT2D eigenvalue weighted by molar-refractivity contribution is 9.08. The SMILES string of the molecule is Fc1ccc(Oc2ccc(Cl)c(Cl)c2)c(CBr)c1. The van der Waals surface area contributed by atoms with Gasteiger partial charge in [-0.15, -0.1) is 0 Å². The van der Waals surface area contributed by atoms with Crippen molar-refractivity contribution in [2.45, 2.75) is 5.33 Å². The zero-order valence-electron chi connectivity index (χ0n) is 9.09. The van der Waals surface area contributed by atoms with Crippen molar-refractivity contribution in [1.29, 1.82) is 0 Å². The molecule has 2 aromatic carbocycles. The molecular formula is C13H8BrCl2FO. The lowest BCUT2D eigenvalue weighted by atomic mass is 10.2. The summed E-state index contributed by atoms with van der Waals surface area (Å²) in [6.07, 6.45) is 0. The number of rotatable bonds is 3. The van der Waals surface area contributed by atoms with Gasteiger partial charge in [0.2, 0.25) is 0 Å². The molecule has 0 saturated carbocycles. The van der Waals surface area contributed by atoms with E-state index in [1.165, 1.54) is 12.1 Å². The van der Waals surface area contributed by atoms with Crippen LogP contribution in [0, 0.1) is 5.82 Å². The molecule has 0 fully saturated rings. The molecule has 0 spiro atoms. The maximum Gasteiger partial charge on any atom is 0.131 e. The van der Waals surface area contributed by atoms with Crippen LogP contribution in [-0.4, -0.2) is 0 Å². The van der Waals surface area contributed by atoms with Gasteiger partial charge < -0.3 is 4.74 Å². The number of ether oxygens (including phenoxy) is 1. The van der Waals surface area contributed by atoms with Crippen LogP contribution in [0.4, 0.5) is 4.39 Å². The molecule has 0 aliphatic rings. The summed E-state index contributed by atoms with van der Waals surface area (Å²) in [6.45, 7) is 0. The molecule has 1 nitrogen and oxygen atoms in total. The number of halogens is 4. The molecule has 0 aromatic heterocycles. The van der Waals surface area contributed by atoms with Crippen molar-refractivity contribution in [3.8, 4) is 11.5 Å². The highest BCUT2D eigenvalue weighted by Crippen LogP contribution is 2.31. The summed E-state index contributed by atoms with van der Waals surface area (Å²) in [5.41, 5.74) is 0.723. The van der Waals surface area contributed by atoms with Crippen LogP contribution in [0.5, 0.6) is 11.5 Å². The van der Waals surface area contributed by atoms with E-state index in [2.05, 4.69) is 15.9 Å². The van der Waals surface area contributed by atoms with E-state index in [0.717, 1.165) is 5.56 Å². The standard InChI is InChI=1S/C13H8BrCl2FO/c14-7-8-5-9(17)1-4-13(8)18-10-2-3-11(15)12(16)6-10/h1-6H,7H2. The summed E-state index contributed by atoms with van der Waals surface area (Å²) in [7, 11) is 0. The van der Waals surface area contributed by atoms with Crippen LogP contribution in [0.1, 0.15) is 5.56 Å². The smallest absolute Gasteiger partial charge is 0.131 e. The fourth-order valence-electron chi connectivity index (χ4n) is 1.42. The van der Waals surface area contributed by atoms with Gasteiger partial charge in [0.1, 0.15) is 17.3 Å². The van der Waals surface area contributed by atoms with Gasteiger partial charge >= 0.3 is 0 Å². The lowest BCUT2D eigenvalue weighted by molar-refractivity contribution is 0.476. The van der Waals surface area contributed by atoms with Crippen LogP contribution in [0.15, 0.2) is 36.4 Å². The zero-order chi connectivity index (χ0) is 13.1. The van der Waals surface area contributed by atoms with Crippen LogP contribution >= 0.6 is 39.1 Å². The molecule has 94 valence electrons. The Kier molecular flexibility index (Phi) is 4.49. The highest BCUT2D eigenvalue weighted by Gasteiger charge is 2.07. The molecule has 0 bridgehead atoms. The number of alkyl halides is 1. The molecular weight excluding hydrogens is 342 g/mol. The molecule has 0 saturated heterocycles. The maximum atomic E-state index is 13.1. The van der Waals surface area contributed by atoms with E-state index in [-0.39, 0.29) is 5.82 Å². The summed E-state index contributed by atoms with van der Waals surface area (Å²) in [5.74, 6) is 0.829. The molecule has 0 aliphatic heterocycles. The Morgan fingerprint density at radius 2 is 1.83 bits per heavy atom. The van der Waals surface area contributed by atoms with Crippen LogP contribution in [0.25, 0.3) is 0 Å². The van der Waals surface area contributed by atoms with E-state index in [0.29, 0.717) is 26.9 Å². The summed E-state index contributed by atoms with van der Waals surface area (Å²) in [6, 6.07) is 9.31. The Balaban J connectivity index is 2.30. The van der Waals surface area contributed by atoms with Gasteiger partial charge in [0.25, 0.3) is 0 Å². The van der Waals surface area contributed by atoms with E-state index in [1.807, 2.05) is 0 Å². The maximum absolute atomic E-state index is 13.1. The summed E-state index contributed by atoms with van der Waals surface area (Å²) >= 11 is 15.0. The Labute approximate surface area is 123 Å². The van der Waals surface area contributed by atoms with Crippen molar-refractivity contribution < 1.29 is 9.13 Å². The molecule has 0 radical (unpaired) electrons. The Morgan fingerprint density at radius 1 is 1.06 bits per heavy atom. The monoisotopic (exact) mass is 348 g/mol. The van der Waals surface area contributed by atoms with Crippen molar-refractivity contribution in [2.24, 2.45) is 0 Å². The number of hydrogen-bond donors (Lipinski definition) is 0. The fourth-order valence-corrected chi connectivity index (χ4v) is 2.15. The normalized spacial score (nSPS) is 10.4. The first-order valence-corrected chi connectivity index (χ1v) is 6.95. The molecule has 0 amide bonds. The largest absolute Gasteiger partial charge is 0.457 e. The van der Waals surface area contributed by atoms with Crippen molar-refractivity contribution in [1.82, 2.24) is 0 Å². The summed E-state index contributed by atoms with van der Waals surface area (Å²) < 4.78 is 18.7. The van der Waals surface area contributed by atoms with Crippen molar-refractivity contribution in [2.75, 3.05) is 0 Å². The average Bonchev–Trinajstić information content (AvgIpc) is 2.36. The Bertz CT molecular complexity index is 575. The van der Waals surface area contributed by atoms with Crippen LogP contribution < -0.4 is 4.74 Å². The van der Waals surface area contributed by atoms with Gasteiger partial charge in [-0.05, 0) is 30.3 Å². The van der Waals surface area contributed by atoms with Crippen molar-refractivity contribution >= 4 is 39.1 Å². The van der Waals surface area contributed by atoms with Gasteiger partial charge in [-0.3, -0.25) is 0 Å². The predicted molar refractivity (Wildman–Crippen MR) is 75.6 cm³/mol. The second-order valence-corrected chi connectivity index (χ2v) is 4.94. The first kappa shape index (κ1) is 13.7. The Morgan fingerprint density at radius 3 is 2.50 bits per heavy atom. The van der Waals surface area contributed by atoms with Crippen LogP contribution in [0.3, 0.4) is 0 Å². The molecule has 5 heteroatoms. The van der Waals surface area contributed by atoms with E-state index < -0.39 is 0 Å². The molecule has 18 heavy (non-hydrogen) atoms. The summed E-state index contributed by atoms with van der Waals surface area (Å²) in [4.78, 5) is 0. The summed E-state index contributed by atoms with van der Waals surface area (Å²) in [5, 5.41) is 1.38. The first-order valence-electron chi connectivity index (χ1n) is 5.07. The van der Waals surface area contributed by atoms with Gasteiger partial charge in [0.15, 0.2) is 0 Å². The molecule has 2 rings (SSSR count). The van der Waals surface area contributed by atoms with Gasteiger partial charge in [-0.25, -0.2) is 4.39 Å². The molecule has 0 heterocycles. The minimum Gasteiger partial charge on any atom is -0.457 e. The zero-order valence-corrected chi connectivity index (χ0v) is 12.2. The quantitative estimate of drug-likeness (QED) is 0.634. The topological polar surface area (TPSA) is 9.23 Å². The van der Waals surface area contributed by atoms with E-state index >= 15 is 0 Å². The van der Waals surface area contributed by atoms with Gasteiger partial charge in [0, 0.05) is 17.0 Å². The molecule has 0 aliphatic carbocycles. The highest BCUT2D eigenvalue weighted by atomic mass is 79.9. The van der Waals surface area contributed by atoms with Crippen molar-refractivity contribution in [3.63, 3.8) is 0 Å². The third-order valence-corrected chi connectivity index (χ3v) is 3.63. The molecule has 0 atom stereocenters. The van der Waals surface area contributed by atoms with Crippen LogP contribution in [0.2, 0.25) is 10.0 Å². The number of benzene rings is 2. The van der Waals surface area contributed by atoms with Crippen molar-refractivity contribution in [3.05, 3.63) is 57.8 Å². The average molecular weight is 350 g/mol.